The van der Waals surface area contributed by atoms with Crippen LogP contribution in [0.4, 0.5) is 5.69 Å². The summed E-state index contributed by atoms with van der Waals surface area (Å²) in [6.45, 7) is 7.48. The minimum atomic E-state index is 0.377. The number of nitriles is 1. The predicted molar refractivity (Wildman–Crippen MR) is 140 cm³/mol. The summed E-state index contributed by atoms with van der Waals surface area (Å²) in [5, 5.41) is 17.8. The van der Waals surface area contributed by atoms with E-state index in [0.717, 1.165) is 65.5 Å². The third-order valence-electron chi connectivity index (χ3n) is 6.77. The summed E-state index contributed by atoms with van der Waals surface area (Å²) < 4.78 is 6.11. The van der Waals surface area contributed by atoms with Crippen LogP contribution in [0, 0.1) is 17.9 Å². The fraction of sp³-hybridized carbons (Fsp3) is 0. The zero-order chi connectivity index (χ0) is 23.5. The molecule has 0 aliphatic rings. The highest BCUT2D eigenvalue weighted by molar-refractivity contribution is 6.19. The lowest BCUT2D eigenvalue weighted by Crippen LogP contribution is -1.88. The maximum absolute atomic E-state index is 9.40. The molecule has 35 heavy (non-hydrogen) atoms. The topological polar surface area (TPSA) is 54.2 Å². The van der Waals surface area contributed by atoms with Gasteiger partial charge in [0.2, 0.25) is 5.69 Å². The molecule has 2 heterocycles. The van der Waals surface area contributed by atoms with Gasteiger partial charge in [-0.2, -0.15) is 5.26 Å². The lowest BCUT2D eigenvalue weighted by atomic mass is 9.94. The van der Waals surface area contributed by atoms with Crippen molar-refractivity contribution < 1.29 is 4.42 Å². The predicted octanol–water partition coefficient (Wildman–Crippen LogP) is 8.53. The smallest absolute Gasteiger partial charge is 0.205 e. The van der Waals surface area contributed by atoms with E-state index in [9.17, 15) is 5.26 Å². The number of benzene rings is 5. The summed E-state index contributed by atoms with van der Waals surface area (Å²) in [7, 11) is 0. The van der Waals surface area contributed by atoms with E-state index in [0.29, 0.717) is 11.3 Å². The van der Waals surface area contributed by atoms with Crippen LogP contribution in [-0.2, 0) is 0 Å². The molecule has 0 aliphatic heterocycles. The van der Waals surface area contributed by atoms with E-state index in [1.54, 1.807) is 6.07 Å². The third kappa shape index (κ3) is 2.75. The molecular weight excluding hydrogens is 430 g/mol. The van der Waals surface area contributed by atoms with Crippen molar-refractivity contribution in [3.05, 3.63) is 108 Å². The fourth-order valence-electron chi connectivity index (χ4n) is 5.13. The van der Waals surface area contributed by atoms with Crippen molar-refractivity contribution in [1.29, 1.82) is 5.26 Å². The standard InChI is InChI=1S/C31H15N3O/c1-33-28-16-27-18(14-20(28)17-32)6-8-21-22(27)10-11-26-23(21)12-13-34-31(26)19-7-9-25-24-4-2-3-5-29(24)35-30(25)15-19/h2-16H. The van der Waals surface area contributed by atoms with Gasteiger partial charge in [-0.3, -0.25) is 4.98 Å². The van der Waals surface area contributed by atoms with E-state index in [1.165, 1.54) is 0 Å². The molecule has 0 spiro atoms. The largest absolute Gasteiger partial charge is 0.456 e. The average molecular weight is 445 g/mol. The molecule has 0 radical (unpaired) electrons. The first-order valence-corrected chi connectivity index (χ1v) is 11.2. The van der Waals surface area contributed by atoms with Gasteiger partial charge in [0, 0.05) is 27.9 Å². The van der Waals surface area contributed by atoms with Crippen LogP contribution in [0.5, 0.6) is 0 Å². The highest BCUT2D eigenvalue weighted by atomic mass is 16.3. The van der Waals surface area contributed by atoms with Gasteiger partial charge in [0.1, 0.15) is 11.2 Å². The number of fused-ring (bicyclic) bond motifs is 8. The Morgan fingerprint density at radius 3 is 2.34 bits per heavy atom. The van der Waals surface area contributed by atoms with Crippen molar-refractivity contribution in [3.8, 4) is 17.3 Å². The Hall–Kier alpha value is -5.19. The van der Waals surface area contributed by atoms with Gasteiger partial charge in [-0.1, -0.05) is 48.5 Å². The quantitative estimate of drug-likeness (QED) is 0.188. The SMILES string of the molecule is [C-]#[N+]c1cc2c(ccc3c4ccnc(-c5ccc6c(c5)oc5ccccc56)c4ccc23)cc1C#N. The van der Waals surface area contributed by atoms with E-state index in [-0.39, 0.29) is 0 Å². The van der Waals surface area contributed by atoms with Gasteiger partial charge in [-0.25, -0.2) is 4.85 Å². The molecule has 0 saturated carbocycles. The molecule has 0 N–H and O–H groups in total. The molecule has 7 aromatic rings. The number of furan rings is 1. The molecular formula is C31H15N3O. The minimum Gasteiger partial charge on any atom is -0.456 e. The lowest BCUT2D eigenvalue weighted by Gasteiger charge is -2.11. The number of aromatic nitrogens is 1. The first-order valence-electron chi connectivity index (χ1n) is 11.2. The average Bonchev–Trinajstić information content (AvgIpc) is 3.29. The van der Waals surface area contributed by atoms with Gasteiger partial charge < -0.3 is 4.42 Å². The van der Waals surface area contributed by atoms with Crippen LogP contribution in [0.2, 0.25) is 0 Å². The van der Waals surface area contributed by atoms with Crippen molar-refractivity contribution in [2.45, 2.75) is 0 Å². The number of nitrogens with zero attached hydrogens (tertiary/aromatic N) is 3. The molecule has 2 aromatic heterocycles. The first kappa shape index (κ1) is 19.3. The van der Waals surface area contributed by atoms with Crippen LogP contribution < -0.4 is 0 Å². The van der Waals surface area contributed by atoms with Gasteiger partial charge in [-0.15, -0.1) is 0 Å². The summed E-state index contributed by atoms with van der Waals surface area (Å²) in [5.41, 5.74) is 4.39. The second kappa shape index (κ2) is 7.15. The van der Waals surface area contributed by atoms with E-state index in [2.05, 4.69) is 53.4 Å². The van der Waals surface area contributed by atoms with Gasteiger partial charge in [0.15, 0.2) is 0 Å². The summed E-state index contributed by atoms with van der Waals surface area (Å²) in [4.78, 5) is 8.30. The molecule has 0 aliphatic carbocycles. The van der Waals surface area contributed by atoms with E-state index in [4.69, 9.17) is 16.0 Å². The molecule has 5 aromatic carbocycles. The maximum atomic E-state index is 9.40. The Labute approximate surface area is 200 Å². The molecule has 7 rings (SSSR count). The first-order chi connectivity index (χ1) is 17.2. The van der Waals surface area contributed by atoms with Crippen LogP contribution in [0.1, 0.15) is 5.56 Å². The van der Waals surface area contributed by atoms with Crippen molar-refractivity contribution in [2.24, 2.45) is 0 Å². The van der Waals surface area contributed by atoms with E-state index in [1.807, 2.05) is 42.6 Å². The molecule has 4 nitrogen and oxygen atoms in total. The summed E-state index contributed by atoms with van der Waals surface area (Å²) in [6, 6.07) is 30.4. The molecule has 0 unspecified atom stereocenters. The number of hydrogen-bond acceptors (Lipinski definition) is 3. The second-order valence-electron chi connectivity index (χ2n) is 8.60. The van der Waals surface area contributed by atoms with Crippen LogP contribution in [0.25, 0.3) is 70.4 Å². The van der Waals surface area contributed by atoms with Gasteiger partial charge >= 0.3 is 0 Å². The Morgan fingerprint density at radius 2 is 1.46 bits per heavy atom. The summed E-state index contributed by atoms with van der Waals surface area (Å²) in [5.74, 6) is 0. The van der Waals surface area contributed by atoms with Crippen molar-refractivity contribution in [3.63, 3.8) is 0 Å². The van der Waals surface area contributed by atoms with Gasteiger partial charge in [0.05, 0.1) is 23.9 Å². The van der Waals surface area contributed by atoms with Crippen LogP contribution >= 0.6 is 0 Å². The number of para-hydroxylation sites is 1. The van der Waals surface area contributed by atoms with Crippen LogP contribution in [-0.4, -0.2) is 4.98 Å². The molecule has 0 atom stereocenters. The number of rotatable bonds is 1. The maximum Gasteiger partial charge on any atom is 0.205 e. The zero-order valence-corrected chi connectivity index (χ0v) is 18.4. The number of hydrogen-bond donors (Lipinski definition) is 0. The Bertz CT molecular complexity index is 2090. The Kier molecular flexibility index (Phi) is 3.94. The van der Waals surface area contributed by atoms with Crippen LogP contribution in [0.15, 0.2) is 95.5 Å². The van der Waals surface area contributed by atoms with Gasteiger partial charge in [-0.05, 0) is 63.3 Å². The molecule has 0 bridgehead atoms. The zero-order valence-electron chi connectivity index (χ0n) is 18.4. The minimum absolute atomic E-state index is 0.377. The third-order valence-corrected chi connectivity index (χ3v) is 6.77. The number of pyridine rings is 1. The van der Waals surface area contributed by atoms with Crippen LogP contribution in [0.3, 0.4) is 0 Å². The highest BCUT2D eigenvalue weighted by Crippen LogP contribution is 2.38. The molecule has 160 valence electrons. The van der Waals surface area contributed by atoms with Crippen molar-refractivity contribution in [1.82, 2.24) is 4.98 Å². The lowest BCUT2D eigenvalue weighted by molar-refractivity contribution is 0.669. The van der Waals surface area contributed by atoms with Crippen molar-refractivity contribution in [2.75, 3.05) is 0 Å². The Balaban J connectivity index is 1.49. The van der Waals surface area contributed by atoms with E-state index >= 15 is 0 Å². The molecule has 0 saturated heterocycles. The Morgan fingerprint density at radius 1 is 0.714 bits per heavy atom. The molecule has 4 heteroatoms. The summed E-state index contributed by atoms with van der Waals surface area (Å²) >= 11 is 0. The molecule has 0 fully saturated rings. The van der Waals surface area contributed by atoms with Gasteiger partial charge in [0.25, 0.3) is 0 Å². The summed E-state index contributed by atoms with van der Waals surface area (Å²) in [6.07, 6.45) is 1.84. The highest BCUT2D eigenvalue weighted by Gasteiger charge is 2.14. The van der Waals surface area contributed by atoms with E-state index < -0.39 is 0 Å². The second-order valence-corrected chi connectivity index (χ2v) is 8.60. The molecule has 0 amide bonds. The monoisotopic (exact) mass is 445 g/mol. The fourth-order valence-corrected chi connectivity index (χ4v) is 5.13. The normalized spacial score (nSPS) is 11.4. The van der Waals surface area contributed by atoms with Crippen molar-refractivity contribution >= 4 is 59.9 Å².